The molecule has 2 aromatic heterocycles. The van der Waals surface area contributed by atoms with Crippen LogP contribution < -0.4 is 10.6 Å². The topological polar surface area (TPSA) is 89.7 Å². The molecule has 0 saturated heterocycles. The monoisotopic (exact) mass is 263 g/mol. The highest BCUT2D eigenvalue weighted by atomic mass is 16.2. The van der Waals surface area contributed by atoms with Gasteiger partial charge in [0.1, 0.15) is 6.33 Å². The van der Waals surface area contributed by atoms with Crippen LogP contribution in [0.3, 0.4) is 0 Å². The molecule has 2 aromatic rings. The van der Waals surface area contributed by atoms with Gasteiger partial charge in [-0.3, -0.25) is 4.68 Å². The van der Waals surface area contributed by atoms with Crippen molar-refractivity contribution in [2.24, 2.45) is 7.05 Å². The van der Waals surface area contributed by atoms with Crippen molar-refractivity contribution in [1.29, 1.82) is 0 Å². The zero-order valence-corrected chi connectivity index (χ0v) is 11.2. The molecule has 2 amide bonds. The lowest BCUT2D eigenvalue weighted by atomic mass is 10.3. The maximum absolute atomic E-state index is 11.8. The van der Waals surface area contributed by atoms with Crippen LogP contribution in [-0.4, -0.2) is 30.6 Å². The van der Waals surface area contributed by atoms with Crippen LogP contribution >= 0.6 is 0 Å². The maximum Gasteiger partial charge on any atom is 0.319 e. The predicted molar refractivity (Wildman–Crippen MR) is 69.5 cm³/mol. The minimum absolute atomic E-state index is 0.228. The highest BCUT2D eigenvalue weighted by Gasteiger charge is 2.14. The van der Waals surface area contributed by atoms with Gasteiger partial charge in [-0.25, -0.2) is 4.79 Å². The Labute approximate surface area is 110 Å². The summed E-state index contributed by atoms with van der Waals surface area (Å²) < 4.78 is 3.50. The Bertz CT molecular complexity index is 559. The number of urea groups is 1. The summed E-state index contributed by atoms with van der Waals surface area (Å²) in [5, 5.41) is 17.3. The second-order valence-electron chi connectivity index (χ2n) is 4.20. The average Bonchev–Trinajstić information content (AvgIpc) is 2.97. The smallest absolute Gasteiger partial charge is 0.319 e. The lowest BCUT2D eigenvalue weighted by molar-refractivity contribution is 0.248. The third-order valence-electron chi connectivity index (χ3n) is 2.70. The Morgan fingerprint density at radius 2 is 2.32 bits per heavy atom. The summed E-state index contributed by atoms with van der Waals surface area (Å²) in [7, 11) is 1.83. The van der Waals surface area contributed by atoms with Crippen LogP contribution in [0.2, 0.25) is 0 Å². The zero-order valence-electron chi connectivity index (χ0n) is 11.2. The Morgan fingerprint density at radius 1 is 1.53 bits per heavy atom. The highest BCUT2D eigenvalue weighted by Crippen LogP contribution is 2.08. The van der Waals surface area contributed by atoms with E-state index < -0.39 is 0 Å². The fourth-order valence-corrected chi connectivity index (χ4v) is 1.71. The van der Waals surface area contributed by atoms with Crippen LogP contribution in [0.5, 0.6) is 0 Å². The Kier molecular flexibility index (Phi) is 3.79. The average molecular weight is 263 g/mol. The van der Waals surface area contributed by atoms with Crippen LogP contribution in [0.4, 0.5) is 10.5 Å². The summed E-state index contributed by atoms with van der Waals surface area (Å²) in [4.78, 5) is 11.8. The summed E-state index contributed by atoms with van der Waals surface area (Å²) >= 11 is 0. The summed E-state index contributed by atoms with van der Waals surface area (Å²) in [6.45, 7) is 4.59. The van der Waals surface area contributed by atoms with Crippen molar-refractivity contribution in [1.82, 2.24) is 29.9 Å². The van der Waals surface area contributed by atoms with Gasteiger partial charge >= 0.3 is 6.03 Å². The third-order valence-corrected chi connectivity index (χ3v) is 2.70. The van der Waals surface area contributed by atoms with Crippen LogP contribution in [0.1, 0.15) is 25.7 Å². The van der Waals surface area contributed by atoms with E-state index in [0.29, 0.717) is 11.5 Å². The van der Waals surface area contributed by atoms with Gasteiger partial charge in [-0.05, 0) is 13.8 Å². The fraction of sp³-hybridized carbons (Fsp3) is 0.455. The molecule has 0 spiro atoms. The van der Waals surface area contributed by atoms with E-state index in [1.165, 1.54) is 0 Å². The van der Waals surface area contributed by atoms with E-state index >= 15 is 0 Å². The Balaban J connectivity index is 1.92. The quantitative estimate of drug-likeness (QED) is 0.858. The van der Waals surface area contributed by atoms with Crippen molar-refractivity contribution in [2.45, 2.75) is 26.4 Å². The number of rotatable bonds is 4. The molecule has 0 aliphatic carbocycles. The number of anilines is 1. The molecule has 0 bridgehead atoms. The number of aromatic nitrogens is 5. The molecule has 2 N–H and O–H groups in total. The van der Waals surface area contributed by atoms with Gasteiger partial charge in [-0.1, -0.05) is 0 Å². The number of nitrogens with zero attached hydrogens (tertiary/aromatic N) is 5. The van der Waals surface area contributed by atoms with Gasteiger partial charge in [0.05, 0.1) is 17.9 Å². The minimum atomic E-state index is -0.300. The molecule has 8 heteroatoms. The molecule has 0 aliphatic rings. The Morgan fingerprint density at radius 3 is 2.89 bits per heavy atom. The minimum Gasteiger partial charge on any atom is -0.328 e. The van der Waals surface area contributed by atoms with Crippen LogP contribution in [-0.2, 0) is 13.6 Å². The molecule has 0 aliphatic heterocycles. The van der Waals surface area contributed by atoms with E-state index in [4.69, 9.17) is 0 Å². The van der Waals surface area contributed by atoms with Gasteiger partial charge in [0, 0.05) is 19.8 Å². The largest absolute Gasteiger partial charge is 0.328 e. The summed E-state index contributed by atoms with van der Waals surface area (Å²) in [6.07, 6.45) is 4.97. The second-order valence-corrected chi connectivity index (χ2v) is 4.20. The van der Waals surface area contributed by atoms with Gasteiger partial charge in [0.15, 0.2) is 5.82 Å². The SMILES string of the molecule is CCn1cc(NC(=O)N[C@H](C)c2nncn2C)cn1. The molecular formula is C11H17N7O. The van der Waals surface area contributed by atoms with E-state index in [9.17, 15) is 4.79 Å². The van der Waals surface area contributed by atoms with Crippen molar-refractivity contribution < 1.29 is 4.79 Å². The fourth-order valence-electron chi connectivity index (χ4n) is 1.71. The van der Waals surface area contributed by atoms with Crippen LogP contribution in [0.25, 0.3) is 0 Å². The van der Waals surface area contributed by atoms with Gasteiger partial charge in [0.25, 0.3) is 0 Å². The normalized spacial score (nSPS) is 12.2. The lowest BCUT2D eigenvalue weighted by Gasteiger charge is -2.12. The molecule has 19 heavy (non-hydrogen) atoms. The summed E-state index contributed by atoms with van der Waals surface area (Å²) in [5.74, 6) is 0.694. The first-order valence-corrected chi connectivity index (χ1v) is 6.04. The molecular weight excluding hydrogens is 246 g/mol. The molecule has 1 atom stereocenters. The summed E-state index contributed by atoms with van der Waals surface area (Å²) in [5.41, 5.74) is 0.657. The first kappa shape index (κ1) is 13.1. The van der Waals surface area contributed by atoms with E-state index in [2.05, 4.69) is 25.9 Å². The van der Waals surface area contributed by atoms with Crippen molar-refractivity contribution in [3.63, 3.8) is 0 Å². The molecule has 0 saturated carbocycles. The van der Waals surface area contributed by atoms with Crippen molar-refractivity contribution in [2.75, 3.05) is 5.32 Å². The van der Waals surface area contributed by atoms with E-state index in [1.54, 1.807) is 28.0 Å². The molecule has 102 valence electrons. The van der Waals surface area contributed by atoms with E-state index in [-0.39, 0.29) is 12.1 Å². The van der Waals surface area contributed by atoms with E-state index in [1.807, 2.05) is 20.9 Å². The predicted octanol–water partition coefficient (Wildman–Crippen LogP) is 0.914. The van der Waals surface area contributed by atoms with Gasteiger partial charge < -0.3 is 15.2 Å². The van der Waals surface area contributed by atoms with Crippen molar-refractivity contribution >= 4 is 11.7 Å². The first-order valence-electron chi connectivity index (χ1n) is 6.04. The molecule has 2 heterocycles. The maximum atomic E-state index is 11.8. The second kappa shape index (κ2) is 5.51. The van der Waals surface area contributed by atoms with Crippen molar-refractivity contribution in [3.8, 4) is 0 Å². The van der Waals surface area contributed by atoms with E-state index in [0.717, 1.165) is 6.54 Å². The lowest BCUT2D eigenvalue weighted by Crippen LogP contribution is -2.32. The van der Waals surface area contributed by atoms with Crippen molar-refractivity contribution in [3.05, 3.63) is 24.5 Å². The van der Waals surface area contributed by atoms with Crippen LogP contribution in [0.15, 0.2) is 18.7 Å². The number of hydrogen-bond donors (Lipinski definition) is 2. The first-order chi connectivity index (χ1) is 9.10. The molecule has 0 fully saturated rings. The molecule has 0 aromatic carbocycles. The number of hydrogen-bond acceptors (Lipinski definition) is 4. The van der Waals surface area contributed by atoms with Gasteiger partial charge in [-0.15, -0.1) is 10.2 Å². The standard InChI is InChI=1S/C11H17N7O/c1-4-18-6-9(5-13-18)15-11(19)14-8(2)10-16-12-7-17(10)3/h5-8H,4H2,1-3H3,(H2,14,15,19)/t8-/m1/s1. The third kappa shape index (κ3) is 3.09. The number of nitrogens with one attached hydrogen (secondary N) is 2. The van der Waals surface area contributed by atoms with Crippen LogP contribution in [0, 0.1) is 0 Å². The number of aryl methyl sites for hydroxylation is 2. The Hall–Kier alpha value is -2.38. The number of carbonyl (C=O) groups excluding carboxylic acids is 1. The molecule has 8 nitrogen and oxygen atoms in total. The van der Waals surface area contributed by atoms with Gasteiger partial charge in [0.2, 0.25) is 0 Å². The molecule has 0 radical (unpaired) electrons. The number of amides is 2. The zero-order chi connectivity index (χ0) is 13.8. The highest BCUT2D eigenvalue weighted by molar-refractivity contribution is 5.89. The van der Waals surface area contributed by atoms with Gasteiger partial charge in [-0.2, -0.15) is 5.10 Å². The number of carbonyl (C=O) groups is 1. The summed E-state index contributed by atoms with van der Waals surface area (Å²) in [6, 6.07) is -0.528. The molecule has 2 rings (SSSR count). The molecule has 0 unspecified atom stereocenters.